The first-order chi connectivity index (χ1) is 17.8. The average Bonchev–Trinajstić information content (AvgIpc) is 3.48. The molecule has 4 N–H and O–H groups in total. The van der Waals surface area contributed by atoms with Crippen LogP contribution in [0.15, 0.2) is 44.6 Å². The number of hydrogen-bond donors (Lipinski definition) is 3. The standard InChI is InChI=1S/C21H19N7O5S4/c1-27-4-3-12-10(5-27)24-21(37-12)36-7-9-6-34-18-14(17(30)28(18)15(9)19(31)32)25-16(29)13(26-33-2)11-8-35-20(22)23-11/h3-5,8,14,18H,6-7H2,1-2H3,(H3-,22,23,25,29,31,32)/p+1/b26-13-/t14-,18-/m1/s1. The number of thioether (sulfide) groups is 2. The molecule has 2 aliphatic rings. The summed E-state index contributed by atoms with van der Waals surface area (Å²) >= 11 is 5.50. The summed E-state index contributed by atoms with van der Waals surface area (Å²) in [4.78, 5) is 52.7. The Kier molecular flexibility index (Phi) is 7.06. The van der Waals surface area contributed by atoms with Crippen molar-refractivity contribution in [2.24, 2.45) is 12.2 Å². The second kappa shape index (κ2) is 10.3. The van der Waals surface area contributed by atoms with E-state index in [0.717, 1.165) is 25.9 Å². The number of thiazole rings is 2. The Morgan fingerprint density at radius 3 is 2.95 bits per heavy atom. The van der Waals surface area contributed by atoms with E-state index in [1.54, 1.807) is 5.38 Å². The summed E-state index contributed by atoms with van der Waals surface area (Å²) in [5.74, 6) is -1.58. The Labute approximate surface area is 226 Å². The molecule has 5 rings (SSSR count). The van der Waals surface area contributed by atoms with Crippen LogP contribution in [0.5, 0.6) is 0 Å². The summed E-state index contributed by atoms with van der Waals surface area (Å²) < 4.78 is 3.78. The molecule has 2 atom stereocenters. The maximum atomic E-state index is 13.0. The minimum absolute atomic E-state index is 0.0442. The van der Waals surface area contributed by atoms with E-state index < -0.39 is 29.2 Å². The number of nitrogens with one attached hydrogen (secondary N) is 1. The largest absolute Gasteiger partial charge is 0.477 e. The third kappa shape index (κ3) is 4.88. The molecule has 2 amide bonds. The average molecular weight is 579 g/mol. The number of pyridine rings is 1. The number of carboxylic acids is 1. The monoisotopic (exact) mass is 578 g/mol. The van der Waals surface area contributed by atoms with Crippen LogP contribution in [0.25, 0.3) is 10.2 Å². The molecular formula is C21H20N7O5S4+. The van der Waals surface area contributed by atoms with Crippen LogP contribution in [0, 0.1) is 0 Å². The Morgan fingerprint density at radius 2 is 2.24 bits per heavy atom. The fourth-order valence-electron chi connectivity index (χ4n) is 3.86. The van der Waals surface area contributed by atoms with E-state index in [-0.39, 0.29) is 22.2 Å². The molecular weight excluding hydrogens is 559 g/mol. The van der Waals surface area contributed by atoms with Gasteiger partial charge in [0.05, 0.1) is 4.70 Å². The summed E-state index contributed by atoms with van der Waals surface area (Å²) in [6.45, 7) is 0. The number of aromatic nitrogens is 3. The normalized spacial score (nSPS) is 19.6. The number of amides is 2. The van der Waals surface area contributed by atoms with Gasteiger partial charge in [0, 0.05) is 23.0 Å². The second-order valence-electron chi connectivity index (χ2n) is 7.94. The molecule has 0 bridgehead atoms. The van der Waals surface area contributed by atoms with Crippen molar-refractivity contribution in [2.45, 2.75) is 15.8 Å². The molecule has 0 saturated carbocycles. The smallest absolute Gasteiger partial charge is 0.352 e. The van der Waals surface area contributed by atoms with Crippen LogP contribution in [-0.2, 0) is 26.3 Å². The van der Waals surface area contributed by atoms with Crippen molar-refractivity contribution in [3.05, 3.63) is 40.8 Å². The highest BCUT2D eigenvalue weighted by Crippen LogP contribution is 2.42. The van der Waals surface area contributed by atoms with Gasteiger partial charge in [-0.1, -0.05) is 16.9 Å². The first kappa shape index (κ1) is 25.4. The topological polar surface area (TPSA) is 164 Å². The molecule has 5 heterocycles. The van der Waals surface area contributed by atoms with E-state index in [2.05, 4.69) is 20.4 Å². The Bertz CT molecular complexity index is 1480. The fourth-order valence-corrected chi connectivity index (χ4v) is 7.93. The van der Waals surface area contributed by atoms with Gasteiger partial charge < -0.3 is 21.0 Å². The molecule has 0 spiro atoms. The van der Waals surface area contributed by atoms with Gasteiger partial charge in [-0.2, -0.15) is 0 Å². The Balaban J connectivity index is 1.31. The number of aliphatic carboxylic acids is 1. The van der Waals surface area contributed by atoms with E-state index >= 15 is 0 Å². The van der Waals surface area contributed by atoms with Crippen molar-refractivity contribution in [2.75, 3.05) is 24.3 Å². The summed E-state index contributed by atoms with van der Waals surface area (Å²) in [7, 11) is 3.21. The van der Waals surface area contributed by atoms with Crippen molar-refractivity contribution in [1.29, 1.82) is 0 Å². The fraction of sp³-hybridized carbons (Fsp3) is 0.286. The summed E-state index contributed by atoms with van der Waals surface area (Å²) in [6.07, 6.45) is 3.87. The number of aryl methyl sites for hydroxylation is 1. The van der Waals surface area contributed by atoms with Crippen LogP contribution in [0.4, 0.5) is 5.13 Å². The van der Waals surface area contributed by atoms with Gasteiger partial charge in [0.1, 0.15) is 42.5 Å². The number of nitrogens with two attached hydrogens (primary N) is 1. The third-order valence-electron chi connectivity index (χ3n) is 5.52. The molecule has 1 saturated heterocycles. The molecule has 1 fully saturated rings. The predicted molar refractivity (Wildman–Crippen MR) is 141 cm³/mol. The zero-order valence-corrected chi connectivity index (χ0v) is 22.7. The van der Waals surface area contributed by atoms with Gasteiger partial charge in [-0.25, -0.2) is 19.3 Å². The van der Waals surface area contributed by atoms with Gasteiger partial charge in [0.25, 0.3) is 11.8 Å². The number of hydrogen-bond acceptors (Lipinski definition) is 12. The quantitative estimate of drug-likeness (QED) is 0.116. The highest BCUT2D eigenvalue weighted by molar-refractivity contribution is 8.02. The number of carbonyl (C=O) groups excluding carboxylic acids is 2. The third-order valence-corrected chi connectivity index (χ3v) is 9.80. The lowest BCUT2D eigenvalue weighted by Crippen LogP contribution is -2.71. The summed E-state index contributed by atoms with van der Waals surface area (Å²) in [5, 5.41) is 17.6. The maximum absolute atomic E-state index is 13.0. The maximum Gasteiger partial charge on any atom is 0.352 e. The van der Waals surface area contributed by atoms with Crippen LogP contribution >= 0.6 is 46.2 Å². The first-order valence-electron chi connectivity index (χ1n) is 10.7. The SMILES string of the molecule is CO/N=C(\C(=O)N[C@@H]1C(=O)N2C(C(=O)O)=C(CSc3nc4c[n+](C)ccc4s3)CS[C@H]12)c1csc(N)n1. The van der Waals surface area contributed by atoms with Gasteiger partial charge in [-0.05, 0) is 5.57 Å². The second-order valence-corrected chi connectivity index (χ2v) is 12.2. The lowest BCUT2D eigenvalue weighted by Gasteiger charge is -2.49. The van der Waals surface area contributed by atoms with Gasteiger partial charge in [-0.3, -0.25) is 14.5 Å². The van der Waals surface area contributed by atoms with Crippen molar-refractivity contribution < 1.29 is 28.9 Å². The van der Waals surface area contributed by atoms with Crippen LogP contribution in [0.1, 0.15) is 5.69 Å². The van der Waals surface area contributed by atoms with Gasteiger partial charge >= 0.3 is 5.97 Å². The molecule has 2 aliphatic heterocycles. The molecule has 12 nitrogen and oxygen atoms in total. The molecule has 3 aromatic heterocycles. The van der Waals surface area contributed by atoms with Crippen LogP contribution in [-0.4, -0.2) is 73.5 Å². The van der Waals surface area contributed by atoms with Gasteiger partial charge in [0.2, 0.25) is 0 Å². The Morgan fingerprint density at radius 1 is 1.43 bits per heavy atom. The van der Waals surface area contributed by atoms with Crippen molar-refractivity contribution in [3.63, 3.8) is 0 Å². The van der Waals surface area contributed by atoms with Crippen molar-refractivity contribution >= 4 is 85.0 Å². The number of nitrogen functional groups attached to an aromatic ring is 1. The van der Waals surface area contributed by atoms with Crippen LogP contribution in [0.3, 0.4) is 0 Å². The van der Waals surface area contributed by atoms with E-state index in [1.165, 1.54) is 46.9 Å². The summed E-state index contributed by atoms with van der Waals surface area (Å²) in [5.41, 5.74) is 7.20. The molecule has 0 aliphatic carbocycles. The number of anilines is 1. The van der Waals surface area contributed by atoms with E-state index in [4.69, 9.17) is 10.6 Å². The van der Waals surface area contributed by atoms with Crippen LogP contribution < -0.4 is 15.6 Å². The first-order valence-corrected chi connectivity index (χ1v) is 14.4. The van der Waals surface area contributed by atoms with Gasteiger partial charge in [-0.15, -0.1) is 34.4 Å². The molecule has 0 aromatic carbocycles. The van der Waals surface area contributed by atoms with Crippen molar-refractivity contribution in [3.8, 4) is 0 Å². The number of oxime groups is 1. The Hall–Kier alpha value is -3.21. The highest BCUT2D eigenvalue weighted by atomic mass is 32.2. The molecule has 0 unspecified atom stereocenters. The number of nitrogens with zero attached hydrogens (tertiary/aromatic N) is 5. The lowest BCUT2D eigenvalue weighted by molar-refractivity contribution is -0.670. The van der Waals surface area contributed by atoms with Gasteiger partial charge in [0.15, 0.2) is 27.6 Å². The molecule has 3 aromatic rings. The number of β-lactam (4-membered cyclic amide) rings is 1. The minimum Gasteiger partial charge on any atom is -0.477 e. The molecule has 0 radical (unpaired) electrons. The highest BCUT2D eigenvalue weighted by Gasteiger charge is 2.54. The van der Waals surface area contributed by atoms with E-state index in [9.17, 15) is 19.5 Å². The number of carboxylic acid groups (broad SMARTS) is 1. The van der Waals surface area contributed by atoms with Crippen molar-refractivity contribution in [1.82, 2.24) is 20.2 Å². The number of carbonyl (C=O) groups is 3. The minimum atomic E-state index is -1.19. The number of fused-ring (bicyclic) bond motifs is 2. The van der Waals surface area contributed by atoms with Crippen LogP contribution in [0.2, 0.25) is 0 Å². The molecule has 37 heavy (non-hydrogen) atoms. The molecule has 16 heteroatoms. The molecule has 192 valence electrons. The van der Waals surface area contributed by atoms with E-state index in [0.29, 0.717) is 17.1 Å². The predicted octanol–water partition coefficient (Wildman–Crippen LogP) is 1.04. The zero-order valence-electron chi connectivity index (χ0n) is 19.4. The zero-order chi connectivity index (χ0) is 26.3. The lowest BCUT2D eigenvalue weighted by atomic mass is 10.0. The number of rotatable bonds is 8. The van der Waals surface area contributed by atoms with E-state index in [1.807, 2.05) is 30.1 Å². The summed E-state index contributed by atoms with van der Waals surface area (Å²) in [6, 6.07) is 1.07.